The van der Waals surface area contributed by atoms with Crippen LogP contribution in [-0.4, -0.2) is 27.5 Å². The number of hydrogen-bond acceptors (Lipinski definition) is 6. The van der Waals surface area contributed by atoms with E-state index in [1.807, 2.05) is 24.8 Å². The van der Waals surface area contributed by atoms with Crippen molar-refractivity contribution in [2.24, 2.45) is 5.84 Å². The van der Waals surface area contributed by atoms with E-state index in [1.165, 1.54) is 25.7 Å². The zero-order chi connectivity index (χ0) is 13.7. The Hall–Kier alpha value is -1.01. The second-order valence-electron chi connectivity index (χ2n) is 4.91. The lowest BCUT2D eigenvalue weighted by Gasteiger charge is -2.28. The van der Waals surface area contributed by atoms with Gasteiger partial charge in [0.2, 0.25) is 0 Å². The number of aromatic nitrogens is 2. The average Bonchev–Trinajstić information content (AvgIpc) is 2.47. The van der Waals surface area contributed by atoms with Gasteiger partial charge in [-0.25, -0.2) is 15.8 Å². The Morgan fingerprint density at radius 3 is 2.53 bits per heavy atom. The van der Waals surface area contributed by atoms with E-state index in [1.54, 1.807) is 0 Å². The highest BCUT2D eigenvalue weighted by atomic mass is 32.2. The molecule has 0 spiro atoms. The van der Waals surface area contributed by atoms with Crippen LogP contribution >= 0.6 is 11.8 Å². The first-order valence-electron chi connectivity index (χ1n) is 6.89. The maximum absolute atomic E-state index is 5.44. The summed E-state index contributed by atoms with van der Waals surface area (Å²) >= 11 is 1.99. The molecule has 106 valence electrons. The number of nitrogens with two attached hydrogens (primary N) is 1. The minimum atomic E-state index is 0.522. The van der Waals surface area contributed by atoms with Crippen LogP contribution in [0.1, 0.15) is 38.4 Å². The second kappa shape index (κ2) is 6.96. The van der Waals surface area contributed by atoms with Gasteiger partial charge in [-0.15, -0.1) is 0 Å². The van der Waals surface area contributed by atoms with Crippen LogP contribution in [0.3, 0.4) is 0 Å². The molecular weight excluding hydrogens is 258 g/mol. The summed E-state index contributed by atoms with van der Waals surface area (Å²) in [6.45, 7) is 2.04. The fourth-order valence-electron chi connectivity index (χ4n) is 2.46. The van der Waals surface area contributed by atoms with Gasteiger partial charge in [0.15, 0.2) is 0 Å². The van der Waals surface area contributed by atoms with Crippen molar-refractivity contribution < 1.29 is 0 Å². The molecule has 0 unspecified atom stereocenters. The van der Waals surface area contributed by atoms with Crippen molar-refractivity contribution in [3.8, 4) is 0 Å². The summed E-state index contributed by atoms with van der Waals surface area (Å²) in [4.78, 5) is 8.81. The van der Waals surface area contributed by atoms with Gasteiger partial charge in [0.05, 0.1) is 0 Å². The van der Waals surface area contributed by atoms with Gasteiger partial charge in [-0.3, -0.25) is 0 Å². The molecule has 6 heteroatoms. The smallest absolute Gasteiger partial charge is 0.145 e. The van der Waals surface area contributed by atoms with Crippen LogP contribution in [0.4, 0.5) is 11.6 Å². The van der Waals surface area contributed by atoms with Crippen LogP contribution in [0.25, 0.3) is 0 Å². The zero-order valence-corrected chi connectivity index (χ0v) is 12.5. The second-order valence-corrected chi connectivity index (χ2v) is 6.04. The number of thioether (sulfide) groups is 1. The summed E-state index contributed by atoms with van der Waals surface area (Å²) in [6, 6.07) is 2.40. The predicted octanol–water partition coefficient (Wildman–Crippen LogP) is 2.41. The van der Waals surface area contributed by atoms with Crippen molar-refractivity contribution in [1.82, 2.24) is 9.97 Å². The quantitative estimate of drug-likeness (QED) is 0.568. The Balaban J connectivity index is 1.99. The molecule has 5 nitrogen and oxygen atoms in total. The fourth-order valence-corrected chi connectivity index (χ4v) is 3.20. The third-order valence-corrected chi connectivity index (χ3v) is 4.73. The molecule has 1 aliphatic carbocycles. The highest BCUT2D eigenvalue weighted by molar-refractivity contribution is 7.99. The number of anilines is 2. The maximum atomic E-state index is 5.44. The van der Waals surface area contributed by atoms with E-state index in [-0.39, 0.29) is 0 Å². The van der Waals surface area contributed by atoms with Crippen LogP contribution in [-0.2, 0) is 6.42 Å². The largest absolute Gasteiger partial charge is 0.367 e. The molecular formula is C13H23N5S. The minimum Gasteiger partial charge on any atom is -0.367 e. The van der Waals surface area contributed by atoms with Gasteiger partial charge in [0, 0.05) is 23.8 Å². The zero-order valence-electron chi connectivity index (χ0n) is 11.6. The third-order valence-electron chi connectivity index (χ3n) is 3.60. The highest BCUT2D eigenvalue weighted by Gasteiger charge is 2.20. The SMILES string of the molecule is CCc1nc(NN)cc(NC2CCC(SC)CC2)n1. The van der Waals surface area contributed by atoms with E-state index in [0.717, 1.165) is 23.3 Å². The van der Waals surface area contributed by atoms with E-state index in [9.17, 15) is 0 Å². The molecule has 1 aromatic rings. The molecule has 0 radical (unpaired) electrons. The first kappa shape index (κ1) is 14.4. The van der Waals surface area contributed by atoms with Gasteiger partial charge >= 0.3 is 0 Å². The first-order chi connectivity index (χ1) is 9.25. The summed E-state index contributed by atoms with van der Waals surface area (Å²) in [5.41, 5.74) is 2.60. The van der Waals surface area contributed by atoms with Crippen molar-refractivity contribution in [2.75, 3.05) is 17.0 Å². The summed E-state index contributed by atoms with van der Waals surface area (Å²) in [6.07, 6.45) is 8.00. The first-order valence-corrected chi connectivity index (χ1v) is 8.17. The number of nitrogen functional groups attached to an aromatic ring is 1. The lowest BCUT2D eigenvalue weighted by molar-refractivity contribution is 0.472. The number of nitrogens with one attached hydrogen (secondary N) is 2. The number of hydrazine groups is 1. The monoisotopic (exact) mass is 281 g/mol. The van der Waals surface area contributed by atoms with Crippen LogP contribution in [0.5, 0.6) is 0 Å². The molecule has 0 amide bonds. The third kappa shape index (κ3) is 3.98. The molecule has 2 rings (SSSR count). The molecule has 4 N–H and O–H groups in total. The fraction of sp³-hybridized carbons (Fsp3) is 0.692. The van der Waals surface area contributed by atoms with Crippen LogP contribution in [0.15, 0.2) is 6.07 Å². The molecule has 0 atom stereocenters. The lowest BCUT2D eigenvalue weighted by atomic mass is 9.95. The van der Waals surface area contributed by atoms with E-state index in [4.69, 9.17) is 5.84 Å². The van der Waals surface area contributed by atoms with Gasteiger partial charge in [-0.1, -0.05) is 6.92 Å². The predicted molar refractivity (Wildman–Crippen MR) is 82.4 cm³/mol. The van der Waals surface area contributed by atoms with Crippen molar-refractivity contribution in [3.63, 3.8) is 0 Å². The van der Waals surface area contributed by atoms with Crippen LogP contribution < -0.4 is 16.6 Å². The van der Waals surface area contributed by atoms with Gasteiger partial charge in [-0.05, 0) is 31.9 Å². The van der Waals surface area contributed by atoms with Crippen molar-refractivity contribution >= 4 is 23.4 Å². The van der Waals surface area contributed by atoms with Crippen molar-refractivity contribution in [2.45, 2.75) is 50.3 Å². The molecule has 1 fully saturated rings. The maximum Gasteiger partial charge on any atom is 0.145 e. The van der Waals surface area contributed by atoms with Gasteiger partial charge in [0.25, 0.3) is 0 Å². The molecule has 0 bridgehead atoms. The van der Waals surface area contributed by atoms with Crippen LogP contribution in [0, 0.1) is 0 Å². The molecule has 0 aliphatic heterocycles. The van der Waals surface area contributed by atoms with E-state index in [2.05, 4.69) is 27.0 Å². The summed E-state index contributed by atoms with van der Waals surface area (Å²) < 4.78 is 0. The standard InChI is InChI=1S/C13H23N5S/c1-3-11-16-12(8-13(17-11)18-14)15-9-4-6-10(19-2)7-5-9/h8-10H,3-7,14H2,1-2H3,(H2,15,16,17,18). The highest BCUT2D eigenvalue weighted by Crippen LogP contribution is 2.28. The van der Waals surface area contributed by atoms with Crippen LogP contribution in [0.2, 0.25) is 0 Å². The summed E-state index contributed by atoms with van der Waals surface area (Å²) in [5.74, 6) is 7.81. The van der Waals surface area contributed by atoms with Crippen molar-refractivity contribution in [1.29, 1.82) is 0 Å². The van der Waals surface area contributed by atoms with Gasteiger partial charge in [0.1, 0.15) is 17.5 Å². The van der Waals surface area contributed by atoms with E-state index >= 15 is 0 Å². The van der Waals surface area contributed by atoms with E-state index in [0.29, 0.717) is 11.9 Å². The molecule has 0 saturated heterocycles. The molecule has 19 heavy (non-hydrogen) atoms. The number of aryl methyl sites for hydroxylation is 1. The molecule has 1 aromatic heterocycles. The summed E-state index contributed by atoms with van der Waals surface area (Å²) in [5, 5.41) is 4.35. The normalized spacial score (nSPS) is 23.1. The molecule has 0 aromatic carbocycles. The lowest BCUT2D eigenvalue weighted by Crippen LogP contribution is -2.27. The van der Waals surface area contributed by atoms with Gasteiger partial charge < -0.3 is 10.7 Å². The Morgan fingerprint density at radius 1 is 1.26 bits per heavy atom. The number of hydrogen-bond donors (Lipinski definition) is 3. The number of nitrogens with zero attached hydrogens (tertiary/aromatic N) is 2. The van der Waals surface area contributed by atoms with Gasteiger partial charge in [-0.2, -0.15) is 11.8 Å². The van der Waals surface area contributed by atoms with E-state index < -0.39 is 0 Å². The Labute approximate surface area is 119 Å². The topological polar surface area (TPSA) is 75.9 Å². The number of rotatable bonds is 5. The Kier molecular flexibility index (Phi) is 5.27. The average molecular weight is 281 g/mol. The summed E-state index contributed by atoms with van der Waals surface area (Å²) in [7, 11) is 0. The Morgan fingerprint density at radius 2 is 1.95 bits per heavy atom. The minimum absolute atomic E-state index is 0.522. The molecule has 1 heterocycles. The van der Waals surface area contributed by atoms with Crippen molar-refractivity contribution in [3.05, 3.63) is 11.9 Å². The molecule has 1 saturated carbocycles. The Bertz CT molecular complexity index is 382. The molecule has 1 aliphatic rings.